The van der Waals surface area contributed by atoms with Gasteiger partial charge in [0.15, 0.2) is 0 Å². The summed E-state index contributed by atoms with van der Waals surface area (Å²) < 4.78 is 58.9. The Morgan fingerprint density at radius 2 is 1.57 bits per heavy atom. The monoisotopic (exact) mass is 439 g/mol. The molecule has 0 saturated carbocycles. The number of nitrogens with one attached hydrogen (secondary N) is 1. The van der Waals surface area contributed by atoms with Gasteiger partial charge in [-0.25, -0.2) is 17.2 Å². The van der Waals surface area contributed by atoms with Crippen molar-refractivity contribution in [3.05, 3.63) is 60.2 Å². The molecule has 2 aromatic carbocycles. The Morgan fingerprint density at radius 3 is 2.17 bits per heavy atom. The quantitative estimate of drug-likeness (QED) is 0.676. The van der Waals surface area contributed by atoms with Crippen LogP contribution in [0.15, 0.2) is 53.4 Å². The topological polar surface area (TPSA) is 79.0 Å². The first-order valence-corrected chi connectivity index (χ1v) is 10.9. The molecule has 0 bridgehead atoms. The average Bonchev–Trinajstić information content (AvgIpc) is 2.74. The van der Waals surface area contributed by atoms with Crippen molar-refractivity contribution in [3.63, 3.8) is 0 Å². The molecule has 2 aromatic rings. The van der Waals surface area contributed by atoms with E-state index in [4.69, 9.17) is 4.74 Å². The number of carbonyl (C=O) groups excluding carboxylic acids is 1. The van der Waals surface area contributed by atoms with E-state index in [1.807, 2.05) is 0 Å². The lowest BCUT2D eigenvalue weighted by Crippen LogP contribution is -2.44. The van der Waals surface area contributed by atoms with Gasteiger partial charge in [-0.05, 0) is 48.5 Å². The number of benzene rings is 2. The zero-order chi connectivity index (χ0) is 21.6. The van der Waals surface area contributed by atoms with Gasteiger partial charge in [0.1, 0.15) is 18.2 Å². The molecule has 1 heterocycles. The SMILES string of the molecule is O=C(CN(c1ccc(F)cc1)S(=O)(=O)c1ccc(F)cc1)NCCN1CCOCC1. The number of halogens is 2. The Bertz CT molecular complexity index is 947. The van der Waals surface area contributed by atoms with Gasteiger partial charge < -0.3 is 10.1 Å². The molecule has 1 saturated heterocycles. The minimum Gasteiger partial charge on any atom is -0.379 e. The second kappa shape index (κ2) is 9.96. The fourth-order valence-corrected chi connectivity index (χ4v) is 4.44. The van der Waals surface area contributed by atoms with E-state index in [0.29, 0.717) is 26.3 Å². The summed E-state index contributed by atoms with van der Waals surface area (Å²) in [5.74, 6) is -1.62. The number of hydrogen-bond acceptors (Lipinski definition) is 5. The van der Waals surface area contributed by atoms with Gasteiger partial charge in [0, 0.05) is 26.2 Å². The highest BCUT2D eigenvalue weighted by atomic mass is 32.2. The van der Waals surface area contributed by atoms with Gasteiger partial charge in [-0.2, -0.15) is 0 Å². The van der Waals surface area contributed by atoms with E-state index in [1.54, 1.807) is 0 Å². The first-order chi connectivity index (χ1) is 14.4. The fourth-order valence-electron chi connectivity index (χ4n) is 3.02. The number of nitrogens with zero attached hydrogens (tertiary/aromatic N) is 2. The molecule has 1 N–H and O–H groups in total. The van der Waals surface area contributed by atoms with Crippen LogP contribution < -0.4 is 9.62 Å². The van der Waals surface area contributed by atoms with Crippen molar-refractivity contribution >= 4 is 21.6 Å². The van der Waals surface area contributed by atoms with Crippen molar-refractivity contribution in [2.24, 2.45) is 0 Å². The molecule has 0 aliphatic carbocycles. The number of amides is 1. The number of morpholine rings is 1. The van der Waals surface area contributed by atoms with Crippen LogP contribution in [0, 0.1) is 11.6 Å². The summed E-state index contributed by atoms with van der Waals surface area (Å²) in [4.78, 5) is 14.4. The van der Waals surface area contributed by atoms with E-state index in [9.17, 15) is 22.0 Å². The Morgan fingerprint density at radius 1 is 1.00 bits per heavy atom. The summed E-state index contributed by atoms with van der Waals surface area (Å²) in [6, 6.07) is 9.07. The summed E-state index contributed by atoms with van der Waals surface area (Å²) in [6.07, 6.45) is 0. The molecule has 30 heavy (non-hydrogen) atoms. The van der Waals surface area contributed by atoms with Crippen LogP contribution in [-0.4, -0.2) is 65.2 Å². The van der Waals surface area contributed by atoms with Gasteiger partial charge in [0.2, 0.25) is 5.91 Å². The number of anilines is 1. The number of carbonyl (C=O) groups is 1. The Balaban J connectivity index is 1.73. The van der Waals surface area contributed by atoms with Crippen LogP contribution in [0.1, 0.15) is 0 Å². The van der Waals surface area contributed by atoms with E-state index in [0.717, 1.165) is 53.8 Å². The molecule has 1 amide bonds. The maximum absolute atomic E-state index is 13.3. The van der Waals surface area contributed by atoms with Gasteiger partial charge in [-0.15, -0.1) is 0 Å². The summed E-state index contributed by atoms with van der Waals surface area (Å²) in [6.45, 7) is 3.31. The van der Waals surface area contributed by atoms with Gasteiger partial charge in [0.05, 0.1) is 23.8 Å². The fraction of sp³-hybridized carbons (Fsp3) is 0.350. The Labute approximate surface area is 174 Å². The lowest BCUT2D eigenvalue weighted by Gasteiger charge is -2.27. The molecule has 162 valence electrons. The van der Waals surface area contributed by atoms with Crippen LogP contribution in [0.4, 0.5) is 14.5 Å². The minimum absolute atomic E-state index is 0.129. The number of ether oxygens (including phenoxy) is 1. The first kappa shape index (κ1) is 22.1. The molecule has 0 aromatic heterocycles. The van der Waals surface area contributed by atoms with Crippen molar-refractivity contribution in [1.82, 2.24) is 10.2 Å². The van der Waals surface area contributed by atoms with Crippen LogP contribution in [0.3, 0.4) is 0 Å². The Kier molecular flexibility index (Phi) is 7.35. The standard InChI is InChI=1S/C20H23F2N3O4S/c21-16-1-5-18(6-2-16)25(30(27,28)19-7-3-17(22)4-8-19)15-20(26)23-9-10-24-11-13-29-14-12-24/h1-8H,9-15H2,(H,23,26). The molecule has 0 spiro atoms. The Hall–Kier alpha value is -2.56. The van der Waals surface area contributed by atoms with Crippen LogP contribution in [0.5, 0.6) is 0 Å². The summed E-state index contributed by atoms with van der Waals surface area (Å²) in [5.41, 5.74) is 0.129. The van der Waals surface area contributed by atoms with Crippen molar-refractivity contribution in [2.45, 2.75) is 4.90 Å². The zero-order valence-electron chi connectivity index (χ0n) is 16.3. The molecule has 3 rings (SSSR count). The molecular formula is C20H23F2N3O4S. The summed E-state index contributed by atoms with van der Waals surface area (Å²) in [7, 11) is -4.17. The van der Waals surface area contributed by atoms with E-state index in [1.165, 1.54) is 12.1 Å². The third-order valence-corrected chi connectivity index (χ3v) is 6.45. The lowest BCUT2D eigenvalue weighted by molar-refractivity contribution is -0.119. The van der Waals surface area contributed by atoms with Gasteiger partial charge in [-0.1, -0.05) is 0 Å². The average molecular weight is 439 g/mol. The summed E-state index contributed by atoms with van der Waals surface area (Å²) in [5, 5.41) is 2.71. The van der Waals surface area contributed by atoms with Gasteiger partial charge >= 0.3 is 0 Å². The molecule has 1 aliphatic rings. The second-order valence-corrected chi connectivity index (χ2v) is 8.61. The highest BCUT2D eigenvalue weighted by Gasteiger charge is 2.27. The van der Waals surface area contributed by atoms with Crippen LogP contribution in [0.25, 0.3) is 0 Å². The number of rotatable bonds is 8. The molecule has 10 heteroatoms. The van der Waals surface area contributed by atoms with Crippen molar-refractivity contribution in [3.8, 4) is 0 Å². The molecule has 0 atom stereocenters. The van der Waals surface area contributed by atoms with Crippen LogP contribution >= 0.6 is 0 Å². The van der Waals surface area contributed by atoms with E-state index in [2.05, 4.69) is 10.2 Å². The highest BCUT2D eigenvalue weighted by Crippen LogP contribution is 2.24. The van der Waals surface area contributed by atoms with Crippen LogP contribution in [-0.2, 0) is 19.6 Å². The highest BCUT2D eigenvalue weighted by molar-refractivity contribution is 7.92. The molecular weight excluding hydrogens is 416 g/mol. The largest absolute Gasteiger partial charge is 0.379 e. The molecule has 0 radical (unpaired) electrons. The van der Waals surface area contributed by atoms with Gasteiger partial charge in [-0.3, -0.25) is 14.0 Å². The predicted molar refractivity (Wildman–Crippen MR) is 108 cm³/mol. The predicted octanol–water partition coefficient (Wildman–Crippen LogP) is 1.61. The first-order valence-electron chi connectivity index (χ1n) is 9.47. The smallest absolute Gasteiger partial charge is 0.264 e. The third-order valence-electron chi connectivity index (χ3n) is 4.66. The maximum atomic E-state index is 13.3. The van der Waals surface area contributed by atoms with Gasteiger partial charge in [0.25, 0.3) is 10.0 Å². The third kappa shape index (κ3) is 5.74. The van der Waals surface area contributed by atoms with E-state index in [-0.39, 0.29) is 10.6 Å². The van der Waals surface area contributed by atoms with E-state index >= 15 is 0 Å². The van der Waals surface area contributed by atoms with Crippen LogP contribution in [0.2, 0.25) is 0 Å². The maximum Gasteiger partial charge on any atom is 0.264 e. The minimum atomic E-state index is -4.17. The van der Waals surface area contributed by atoms with Crippen molar-refractivity contribution in [1.29, 1.82) is 0 Å². The summed E-state index contributed by atoms with van der Waals surface area (Å²) >= 11 is 0. The van der Waals surface area contributed by atoms with Crippen molar-refractivity contribution < 1.29 is 26.7 Å². The number of sulfonamides is 1. The molecule has 1 fully saturated rings. The molecule has 7 nitrogen and oxygen atoms in total. The number of hydrogen-bond donors (Lipinski definition) is 1. The second-order valence-electron chi connectivity index (χ2n) is 6.75. The molecule has 1 aliphatic heterocycles. The lowest BCUT2D eigenvalue weighted by atomic mass is 10.3. The van der Waals surface area contributed by atoms with Crippen molar-refractivity contribution in [2.75, 3.05) is 50.2 Å². The zero-order valence-corrected chi connectivity index (χ0v) is 17.1. The molecule has 0 unspecified atom stereocenters. The normalized spacial score (nSPS) is 15.0. The van der Waals surface area contributed by atoms with E-state index < -0.39 is 34.1 Å².